The first-order valence-electron chi connectivity index (χ1n) is 7.10. The number of nitrogens with one attached hydrogen (secondary N) is 1. The van der Waals surface area contributed by atoms with Gasteiger partial charge in [0.25, 0.3) is 0 Å². The Labute approximate surface area is 125 Å². The molecule has 0 heterocycles. The van der Waals surface area contributed by atoms with Crippen molar-refractivity contribution in [2.45, 2.75) is 46.1 Å². The number of hydrogen-bond donors (Lipinski definition) is 2. The number of carbonyl (C=O) groups excluding carboxylic acids is 1. The van der Waals surface area contributed by atoms with E-state index in [4.69, 9.17) is 9.84 Å². The molecule has 1 aromatic carbocycles. The maximum Gasteiger partial charge on any atom is 0.303 e. The molecule has 1 rings (SSSR count). The minimum absolute atomic E-state index is 0.0559. The number of benzene rings is 1. The van der Waals surface area contributed by atoms with Crippen molar-refractivity contribution in [2.24, 2.45) is 0 Å². The first kappa shape index (κ1) is 17.0. The highest BCUT2D eigenvalue weighted by atomic mass is 16.5. The highest BCUT2D eigenvalue weighted by Crippen LogP contribution is 2.22. The summed E-state index contributed by atoms with van der Waals surface area (Å²) in [7, 11) is 0. The standard InChI is InChI=1S/C16H23NO4/c1-11-5-4-6-12(2)16(11)21-10-9-14(18)17-13(3)7-8-15(19)20/h4-6,13H,7-10H2,1-3H3,(H,17,18)(H,19,20). The molecule has 5 nitrogen and oxygen atoms in total. The molecule has 1 amide bonds. The number of para-hydroxylation sites is 1. The second kappa shape index (κ2) is 8.29. The fourth-order valence-electron chi connectivity index (χ4n) is 2.03. The molecule has 1 atom stereocenters. The molecule has 116 valence electrons. The van der Waals surface area contributed by atoms with E-state index in [1.54, 1.807) is 6.92 Å². The average molecular weight is 293 g/mol. The maximum atomic E-state index is 11.7. The van der Waals surface area contributed by atoms with Gasteiger partial charge in [-0.05, 0) is 38.3 Å². The molecular formula is C16H23NO4. The lowest BCUT2D eigenvalue weighted by atomic mass is 10.1. The van der Waals surface area contributed by atoms with Crippen LogP contribution in [-0.2, 0) is 9.59 Å². The lowest BCUT2D eigenvalue weighted by Crippen LogP contribution is -2.33. The number of aryl methyl sites for hydroxylation is 2. The minimum atomic E-state index is -0.852. The Hall–Kier alpha value is -2.04. The SMILES string of the molecule is Cc1cccc(C)c1OCCC(=O)NC(C)CCC(=O)O. The minimum Gasteiger partial charge on any atom is -0.493 e. The van der Waals surface area contributed by atoms with Gasteiger partial charge in [-0.15, -0.1) is 0 Å². The largest absolute Gasteiger partial charge is 0.493 e. The molecule has 0 fully saturated rings. The number of rotatable bonds is 8. The summed E-state index contributed by atoms with van der Waals surface area (Å²) >= 11 is 0. The van der Waals surface area contributed by atoms with Crippen molar-refractivity contribution < 1.29 is 19.4 Å². The molecule has 2 N–H and O–H groups in total. The van der Waals surface area contributed by atoms with Crippen LogP contribution in [0, 0.1) is 13.8 Å². The van der Waals surface area contributed by atoms with Crippen molar-refractivity contribution in [3.8, 4) is 5.75 Å². The van der Waals surface area contributed by atoms with Gasteiger partial charge in [0, 0.05) is 12.5 Å². The Morgan fingerprint density at radius 2 is 1.86 bits per heavy atom. The highest BCUT2D eigenvalue weighted by molar-refractivity contribution is 5.76. The molecule has 21 heavy (non-hydrogen) atoms. The summed E-state index contributed by atoms with van der Waals surface area (Å²) in [4.78, 5) is 22.2. The third-order valence-corrected chi connectivity index (χ3v) is 3.18. The number of carboxylic acids is 1. The molecule has 1 aromatic rings. The van der Waals surface area contributed by atoms with E-state index in [1.807, 2.05) is 32.0 Å². The summed E-state index contributed by atoms with van der Waals surface area (Å²) in [5.41, 5.74) is 2.09. The topological polar surface area (TPSA) is 75.6 Å². The second-order valence-corrected chi connectivity index (χ2v) is 5.22. The van der Waals surface area contributed by atoms with Crippen LogP contribution in [-0.4, -0.2) is 29.6 Å². The summed E-state index contributed by atoms with van der Waals surface area (Å²) in [6.07, 6.45) is 0.740. The van der Waals surface area contributed by atoms with Crippen molar-refractivity contribution in [2.75, 3.05) is 6.61 Å². The molecule has 0 aliphatic heterocycles. The third-order valence-electron chi connectivity index (χ3n) is 3.18. The molecule has 0 bridgehead atoms. The zero-order valence-corrected chi connectivity index (χ0v) is 12.8. The molecule has 0 aliphatic rings. The molecule has 0 saturated heterocycles. The van der Waals surface area contributed by atoms with Gasteiger partial charge in [0.15, 0.2) is 0 Å². The monoisotopic (exact) mass is 293 g/mol. The number of amides is 1. The number of carboxylic acid groups (broad SMARTS) is 1. The summed E-state index contributed by atoms with van der Waals surface area (Å²) in [5.74, 6) is -0.155. The van der Waals surface area contributed by atoms with E-state index in [1.165, 1.54) is 0 Å². The predicted octanol–water partition coefficient (Wildman–Crippen LogP) is 2.44. The Kier molecular flexibility index (Phi) is 6.72. The number of ether oxygens (including phenoxy) is 1. The molecule has 5 heteroatoms. The van der Waals surface area contributed by atoms with Crippen molar-refractivity contribution in [3.05, 3.63) is 29.3 Å². The van der Waals surface area contributed by atoms with E-state index in [0.29, 0.717) is 13.0 Å². The van der Waals surface area contributed by atoms with Crippen LogP contribution < -0.4 is 10.1 Å². The second-order valence-electron chi connectivity index (χ2n) is 5.22. The fraction of sp³-hybridized carbons (Fsp3) is 0.500. The Morgan fingerprint density at radius 1 is 1.24 bits per heavy atom. The van der Waals surface area contributed by atoms with E-state index < -0.39 is 5.97 Å². The van der Waals surface area contributed by atoms with Crippen LogP contribution in [0.1, 0.15) is 37.3 Å². The Balaban J connectivity index is 2.32. The van der Waals surface area contributed by atoms with Gasteiger partial charge in [-0.2, -0.15) is 0 Å². The zero-order valence-electron chi connectivity index (χ0n) is 12.8. The smallest absolute Gasteiger partial charge is 0.303 e. The van der Waals surface area contributed by atoms with E-state index in [-0.39, 0.29) is 24.8 Å². The summed E-state index contributed by atoms with van der Waals surface area (Å²) in [6, 6.07) is 5.76. The van der Waals surface area contributed by atoms with Crippen LogP contribution in [0.15, 0.2) is 18.2 Å². The van der Waals surface area contributed by atoms with Crippen LogP contribution in [0.4, 0.5) is 0 Å². The van der Waals surface area contributed by atoms with Gasteiger partial charge < -0.3 is 15.2 Å². The molecule has 0 aromatic heterocycles. The zero-order chi connectivity index (χ0) is 15.8. The quantitative estimate of drug-likeness (QED) is 0.772. The number of carbonyl (C=O) groups is 2. The summed E-state index contributed by atoms with van der Waals surface area (Å²) in [5, 5.41) is 11.4. The van der Waals surface area contributed by atoms with Gasteiger partial charge in [0.05, 0.1) is 13.0 Å². The fourth-order valence-corrected chi connectivity index (χ4v) is 2.03. The molecule has 0 spiro atoms. The van der Waals surface area contributed by atoms with Crippen molar-refractivity contribution in [3.63, 3.8) is 0 Å². The molecular weight excluding hydrogens is 270 g/mol. The van der Waals surface area contributed by atoms with Crippen molar-refractivity contribution >= 4 is 11.9 Å². The number of hydrogen-bond acceptors (Lipinski definition) is 3. The Bertz CT molecular complexity index is 479. The average Bonchev–Trinajstić information content (AvgIpc) is 2.40. The van der Waals surface area contributed by atoms with Crippen LogP contribution in [0.2, 0.25) is 0 Å². The van der Waals surface area contributed by atoms with Crippen molar-refractivity contribution in [1.29, 1.82) is 0 Å². The molecule has 0 aliphatic carbocycles. The van der Waals surface area contributed by atoms with Gasteiger partial charge >= 0.3 is 5.97 Å². The van der Waals surface area contributed by atoms with E-state index in [9.17, 15) is 9.59 Å². The first-order valence-corrected chi connectivity index (χ1v) is 7.10. The normalized spacial score (nSPS) is 11.8. The molecule has 1 unspecified atom stereocenters. The van der Waals surface area contributed by atoms with Gasteiger partial charge in [-0.25, -0.2) is 0 Å². The summed E-state index contributed by atoms with van der Waals surface area (Å²) in [6.45, 7) is 6.04. The Morgan fingerprint density at radius 3 is 2.43 bits per heavy atom. The van der Waals surface area contributed by atoms with Crippen molar-refractivity contribution in [1.82, 2.24) is 5.32 Å². The molecule has 0 saturated carbocycles. The lowest BCUT2D eigenvalue weighted by Gasteiger charge is -2.14. The lowest BCUT2D eigenvalue weighted by molar-refractivity contribution is -0.137. The van der Waals surface area contributed by atoms with E-state index >= 15 is 0 Å². The predicted molar refractivity (Wildman–Crippen MR) is 80.5 cm³/mol. The summed E-state index contributed by atoms with van der Waals surface area (Å²) < 4.78 is 5.66. The van der Waals surface area contributed by atoms with E-state index in [0.717, 1.165) is 16.9 Å². The first-order chi connectivity index (χ1) is 9.90. The third kappa shape index (κ3) is 6.29. The van der Waals surface area contributed by atoms with Gasteiger partial charge in [0.1, 0.15) is 5.75 Å². The van der Waals surface area contributed by atoms with Gasteiger partial charge in [0.2, 0.25) is 5.91 Å². The van der Waals surface area contributed by atoms with Crippen LogP contribution in [0.3, 0.4) is 0 Å². The maximum absolute atomic E-state index is 11.7. The number of aliphatic carboxylic acids is 1. The van der Waals surface area contributed by atoms with Crippen LogP contribution in [0.5, 0.6) is 5.75 Å². The van der Waals surface area contributed by atoms with Gasteiger partial charge in [-0.1, -0.05) is 18.2 Å². The van der Waals surface area contributed by atoms with E-state index in [2.05, 4.69) is 5.32 Å². The highest BCUT2D eigenvalue weighted by Gasteiger charge is 2.10. The van der Waals surface area contributed by atoms with Crippen LogP contribution in [0.25, 0.3) is 0 Å². The van der Waals surface area contributed by atoms with Crippen LogP contribution >= 0.6 is 0 Å². The molecule has 0 radical (unpaired) electrons. The van der Waals surface area contributed by atoms with Gasteiger partial charge in [-0.3, -0.25) is 9.59 Å².